The highest BCUT2D eigenvalue weighted by Gasteiger charge is 2.33. The molecule has 2 atom stereocenters. The Morgan fingerprint density at radius 1 is 1.50 bits per heavy atom. The maximum atomic E-state index is 11.6. The van der Waals surface area contributed by atoms with Gasteiger partial charge in [-0.25, -0.2) is 0 Å². The summed E-state index contributed by atoms with van der Waals surface area (Å²) >= 11 is 1.53. The molecule has 0 bridgehead atoms. The molecule has 0 saturated carbocycles. The Morgan fingerprint density at radius 3 is 2.57 bits per heavy atom. The molecule has 14 heavy (non-hydrogen) atoms. The minimum atomic E-state index is -0.408. The highest BCUT2D eigenvalue weighted by molar-refractivity contribution is 8.01. The Kier molecular flexibility index (Phi) is 3.84. The Morgan fingerprint density at radius 2 is 2.14 bits per heavy atom. The molecule has 0 unspecified atom stereocenters. The van der Waals surface area contributed by atoms with Gasteiger partial charge in [0.15, 0.2) is 0 Å². The molecule has 0 aromatic carbocycles. The molecule has 4 heteroatoms. The summed E-state index contributed by atoms with van der Waals surface area (Å²) in [6.45, 7) is 5.76. The van der Waals surface area contributed by atoms with Gasteiger partial charge in [0.05, 0.1) is 6.61 Å². The number of esters is 1. The zero-order valence-electron chi connectivity index (χ0n) is 8.95. The lowest BCUT2D eigenvalue weighted by Crippen LogP contribution is -2.29. The van der Waals surface area contributed by atoms with Gasteiger partial charge < -0.3 is 9.84 Å². The van der Waals surface area contributed by atoms with E-state index in [1.54, 1.807) is 0 Å². The first kappa shape index (κ1) is 11.9. The van der Waals surface area contributed by atoms with Gasteiger partial charge in [0.2, 0.25) is 0 Å². The van der Waals surface area contributed by atoms with E-state index in [2.05, 4.69) is 0 Å². The number of ether oxygens (including phenoxy) is 1. The maximum Gasteiger partial charge on any atom is 0.319 e. The van der Waals surface area contributed by atoms with E-state index in [0.717, 1.165) is 12.8 Å². The van der Waals surface area contributed by atoms with Crippen LogP contribution in [0, 0.1) is 0 Å². The third kappa shape index (κ3) is 3.50. The van der Waals surface area contributed by atoms with Gasteiger partial charge in [-0.3, -0.25) is 4.79 Å². The van der Waals surface area contributed by atoms with Crippen molar-refractivity contribution in [3.05, 3.63) is 0 Å². The van der Waals surface area contributed by atoms with E-state index < -0.39 is 5.60 Å². The number of hydrogen-bond acceptors (Lipinski definition) is 4. The van der Waals surface area contributed by atoms with Crippen LogP contribution in [0.1, 0.15) is 33.6 Å². The number of carbonyl (C=O) groups excluding carboxylic acids is 1. The molecule has 1 N–H and O–H groups in total. The van der Waals surface area contributed by atoms with Crippen molar-refractivity contribution in [3.63, 3.8) is 0 Å². The molecular weight excluding hydrogens is 200 g/mol. The first-order chi connectivity index (χ1) is 6.42. The summed E-state index contributed by atoms with van der Waals surface area (Å²) in [5.41, 5.74) is -0.408. The van der Waals surface area contributed by atoms with E-state index in [0.29, 0.717) is 0 Å². The van der Waals surface area contributed by atoms with Crippen LogP contribution in [0.4, 0.5) is 0 Å². The van der Waals surface area contributed by atoms with Crippen LogP contribution in [-0.4, -0.2) is 33.8 Å². The van der Waals surface area contributed by atoms with Crippen molar-refractivity contribution in [2.45, 2.75) is 49.7 Å². The van der Waals surface area contributed by atoms with Crippen LogP contribution >= 0.6 is 11.8 Å². The third-order valence-electron chi connectivity index (χ3n) is 1.98. The first-order valence-electron chi connectivity index (χ1n) is 4.91. The lowest BCUT2D eigenvalue weighted by Gasteiger charge is -2.21. The van der Waals surface area contributed by atoms with Crippen molar-refractivity contribution in [2.75, 3.05) is 6.61 Å². The van der Waals surface area contributed by atoms with Crippen LogP contribution in [0.25, 0.3) is 0 Å². The van der Waals surface area contributed by atoms with Crippen molar-refractivity contribution in [2.24, 2.45) is 0 Å². The third-order valence-corrected chi connectivity index (χ3v) is 3.51. The van der Waals surface area contributed by atoms with Gasteiger partial charge in [-0.15, -0.1) is 11.8 Å². The summed E-state index contributed by atoms with van der Waals surface area (Å²) in [6.07, 6.45) is 1.73. The molecule has 1 heterocycles. The van der Waals surface area contributed by atoms with E-state index in [1.807, 2.05) is 20.8 Å². The Hall–Kier alpha value is -0.220. The van der Waals surface area contributed by atoms with E-state index in [1.165, 1.54) is 11.8 Å². The summed E-state index contributed by atoms with van der Waals surface area (Å²) in [6, 6.07) is 0. The van der Waals surface area contributed by atoms with Crippen LogP contribution < -0.4 is 0 Å². The quantitative estimate of drug-likeness (QED) is 0.715. The molecule has 1 aliphatic rings. The molecule has 0 radical (unpaired) electrons. The molecule has 1 rings (SSSR count). The monoisotopic (exact) mass is 218 g/mol. The van der Waals surface area contributed by atoms with Crippen LogP contribution in [0.15, 0.2) is 0 Å². The molecule has 0 amide bonds. The predicted octanol–water partition coefficient (Wildman–Crippen LogP) is 1.58. The Bertz CT molecular complexity index is 210. The summed E-state index contributed by atoms with van der Waals surface area (Å²) in [5, 5.41) is 9.06. The van der Waals surface area contributed by atoms with Crippen LogP contribution in [-0.2, 0) is 9.53 Å². The normalized spacial score (nSPS) is 27.7. The highest BCUT2D eigenvalue weighted by Crippen LogP contribution is 2.34. The van der Waals surface area contributed by atoms with Gasteiger partial charge in [-0.05, 0) is 33.6 Å². The standard InChI is InChI=1S/C10H18O3S/c1-10(2,3)13-9(12)8-5-4-7(6-11)14-8/h7-8,11H,4-6H2,1-3H3/t7-,8+/m1/s1. The van der Waals surface area contributed by atoms with Gasteiger partial charge in [-0.2, -0.15) is 0 Å². The van der Waals surface area contributed by atoms with Crippen molar-refractivity contribution in [1.29, 1.82) is 0 Å². The van der Waals surface area contributed by atoms with E-state index in [9.17, 15) is 4.79 Å². The van der Waals surface area contributed by atoms with Gasteiger partial charge in [0, 0.05) is 5.25 Å². The van der Waals surface area contributed by atoms with Crippen LogP contribution in [0.3, 0.4) is 0 Å². The molecule has 82 valence electrons. The minimum absolute atomic E-state index is 0.0774. The molecule has 0 aromatic heterocycles. The SMILES string of the molecule is CC(C)(C)OC(=O)[C@@H]1CC[C@H](CO)S1. The molecule has 1 fully saturated rings. The van der Waals surface area contributed by atoms with Crippen LogP contribution in [0.5, 0.6) is 0 Å². The van der Waals surface area contributed by atoms with Gasteiger partial charge >= 0.3 is 5.97 Å². The topological polar surface area (TPSA) is 46.5 Å². The van der Waals surface area contributed by atoms with E-state index >= 15 is 0 Å². The van der Waals surface area contributed by atoms with E-state index in [-0.39, 0.29) is 23.1 Å². The van der Waals surface area contributed by atoms with Gasteiger partial charge in [0.1, 0.15) is 10.9 Å². The molecular formula is C10H18O3S. The summed E-state index contributed by atoms with van der Waals surface area (Å²) in [7, 11) is 0. The highest BCUT2D eigenvalue weighted by atomic mass is 32.2. The smallest absolute Gasteiger partial charge is 0.319 e. The second-order valence-electron chi connectivity index (χ2n) is 4.54. The van der Waals surface area contributed by atoms with Gasteiger partial charge in [0.25, 0.3) is 0 Å². The summed E-state index contributed by atoms with van der Waals surface area (Å²) < 4.78 is 5.27. The lowest BCUT2D eigenvalue weighted by molar-refractivity contribution is -0.154. The fourth-order valence-electron chi connectivity index (χ4n) is 1.38. The second-order valence-corrected chi connectivity index (χ2v) is 6.05. The maximum absolute atomic E-state index is 11.6. The van der Waals surface area contributed by atoms with Crippen molar-refractivity contribution < 1.29 is 14.6 Å². The lowest BCUT2D eigenvalue weighted by atomic mass is 10.1. The fourth-order valence-corrected chi connectivity index (χ4v) is 2.64. The van der Waals surface area contributed by atoms with Crippen LogP contribution in [0.2, 0.25) is 0 Å². The average Bonchev–Trinajstić information content (AvgIpc) is 2.48. The fraction of sp³-hybridized carbons (Fsp3) is 0.900. The summed E-state index contributed by atoms with van der Waals surface area (Å²) in [5.74, 6) is -0.140. The molecule has 0 aromatic rings. The molecule has 3 nitrogen and oxygen atoms in total. The first-order valence-corrected chi connectivity index (χ1v) is 5.86. The zero-order chi connectivity index (χ0) is 10.8. The molecule has 0 aliphatic carbocycles. The van der Waals surface area contributed by atoms with Crippen molar-refractivity contribution >= 4 is 17.7 Å². The second kappa shape index (κ2) is 4.53. The number of aliphatic hydroxyl groups excluding tert-OH is 1. The minimum Gasteiger partial charge on any atom is -0.459 e. The number of aliphatic hydroxyl groups is 1. The number of carbonyl (C=O) groups is 1. The average molecular weight is 218 g/mol. The van der Waals surface area contributed by atoms with E-state index in [4.69, 9.17) is 9.84 Å². The number of thioether (sulfide) groups is 1. The summed E-state index contributed by atoms with van der Waals surface area (Å²) in [4.78, 5) is 11.6. The Balaban J connectivity index is 2.40. The molecule has 1 aliphatic heterocycles. The zero-order valence-corrected chi connectivity index (χ0v) is 9.76. The predicted molar refractivity (Wildman–Crippen MR) is 57.3 cm³/mol. The number of rotatable bonds is 2. The number of hydrogen-bond donors (Lipinski definition) is 1. The van der Waals surface area contributed by atoms with Crippen molar-refractivity contribution in [1.82, 2.24) is 0 Å². The van der Waals surface area contributed by atoms with Gasteiger partial charge in [-0.1, -0.05) is 0 Å². The largest absolute Gasteiger partial charge is 0.459 e. The molecule has 1 saturated heterocycles. The van der Waals surface area contributed by atoms with Crippen molar-refractivity contribution in [3.8, 4) is 0 Å². The Labute approximate surface area is 89.2 Å². The molecule has 0 spiro atoms.